The van der Waals surface area contributed by atoms with Crippen LogP contribution in [0, 0.1) is 0 Å². The Bertz CT molecular complexity index is 746. The highest BCUT2D eigenvalue weighted by Gasteiger charge is 2.32. The van der Waals surface area contributed by atoms with E-state index in [0.717, 1.165) is 42.8 Å². The van der Waals surface area contributed by atoms with Gasteiger partial charge in [-0.1, -0.05) is 36.4 Å². The van der Waals surface area contributed by atoms with Gasteiger partial charge in [0.15, 0.2) is 0 Å². The first-order valence-corrected chi connectivity index (χ1v) is 9.50. The normalized spacial score (nSPS) is 19.8. The van der Waals surface area contributed by atoms with Gasteiger partial charge in [0.2, 0.25) is 0 Å². The number of pyridine rings is 1. The molecule has 1 atom stereocenters. The number of nitrogens with one attached hydrogen (secondary N) is 1. The molecule has 1 aliphatic heterocycles. The number of hydrogen-bond acceptors (Lipinski definition) is 4. The topological polar surface area (TPSA) is 54.5 Å². The summed E-state index contributed by atoms with van der Waals surface area (Å²) in [6.07, 6.45) is 7.06. The molecular weight excluding hydrogens is 326 g/mol. The highest BCUT2D eigenvalue weighted by molar-refractivity contribution is 5.69. The predicted molar refractivity (Wildman–Crippen MR) is 101 cm³/mol. The van der Waals surface area contributed by atoms with Gasteiger partial charge in [-0.2, -0.15) is 0 Å². The first-order chi connectivity index (χ1) is 12.8. The van der Waals surface area contributed by atoms with Gasteiger partial charge >= 0.3 is 6.09 Å². The predicted octanol–water partition coefficient (Wildman–Crippen LogP) is 4.52. The van der Waals surface area contributed by atoms with Crippen LogP contribution in [0.3, 0.4) is 0 Å². The van der Waals surface area contributed by atoms with Crippen LogP contribution in [-0.2, 0) is 11.3 Å². The molecule has 0 radical (unpaired) electrons. The summed E-state index contributed by atoms with van der Waals surface area (Å²) < 4.78 is 5.60. The van der Waals surface area contributed by atoms with Gasteiger partial charge in [-0.05, 0) is 43.7 Å². The zero-order chi connectivity index (χ0) is 17.8. The maximum Gasteiger partial charge on any atom is 0.410 e. The SMILES string of the molecule is O=C(OCc1ccccc1)N1CCCC[C@H]1c1cccnc1NC1CC1. The molecule has 1 N–H and O–H groups in total. The molecule has 1 saturated heterocycles. The number of rotatable bonds is 5. The van der Waals surface area contributed by atoms with Gasteiger partial charge in [0.25, 0.3) is 0 Å². The number of piperidine rings is 1. The molecule has 5 nitrogen and oxygen atoms in total. The van der Waals surface area contributed by atoms with E-state index in [-0.39, 0.29) is 12.1 Å². The molecule has 1 aromatic carbocycles. The van der Waals surface area contributed by atoms with Crippen LogP contribution < -0.4 is 5.32 Å². The third kappa shape index (κ3) is 3.98. The second-order valence-electron chi connectivity index (χ2n) is 7.11. The first kappa shape index (κ1) is 16.9. The van der Waals surface area contributed by atoms with Crippen LogP contribution in [-0.4, -0.2) is 28.6 Å². The van der Waals surface area contributed by atoms with Crippen molar-refractivity contribution < 1.29 is 9.53 Å². The number of likely N-dealkylation sites (tertiary alicyclic amines) is 1. The molecule has 2 heterocycles. The molecule has 0 bridgehead atoms. The number of benzene rings is 1. The molecule has 0 spiro atoms. The molecule has 0 unspecified atom stereocenters. The minimum atomic E-state index is -0.236. The summed E-state index contributed by atoms with van der Waals surface area (Å²) in [5.74, 6) is 0.919. The standard InChI is InChI=1S/C21H25N3O2/c25-21(26-15-16-7-2-1-3-8-16)24-14-5-4-10-19(24)18-9-6-13-22-20(18)23-17-11-12-17/h1-3,6-9,13,17,19H,4-5,10-12,14-15H2,(H,22,23)/t19-/m0/s1. The number of ether oxygens (including phenoxy) is 1. The Morgan fingerprint density at radius 3 is 2.77 bits per heavy atom. The van der Waals surface area contributed by atoms with Crippen LogP contribution in [0.4, 0.5) is 10.6 Å². The smallest absolute Gasteiger partial charge is 0.410 e. The van der Waals surface area contributed by atoms with E-state index in [9.17, 15) is 4.79 Å². The Balaban J connectivity index is 1.48. The summed E-state index contributed by atoms with van der Waals surface area (Å²) >= 11 is 0. The van der Waals surface area contributed by atoms with Crippen molar-refractivity contribution in [3.63, 3.8) is 0 Å². The van der Waals surface area contributed by atoms with Gasteiger partial charge in [-0.25, -0.2) is 9.78 Å². The lowest BCUT2D eigenvalue weighted by Gasteiger charge is -2.35. The van der Waals surface area contributed by atoms with Gasteiger partial charge in [-0.15, -0.1) is 0 Å². The van der Waals surface area contributed by atoms with E-state index in [1.54, 1.807) is 0 Å². The molecule has 2 fully saturated rings. The second-order valence-corrected chi connectivity index (χ2v) is 7.11. The van der Waals surface area contributed by atoms with Crippen molar-refractivity contribution in [1.29, 1.82) is 0 Å². The lowest BCUT2D eigenvalue weighted by atomic mass is 9.96. The van der Waals surface area contributed by atoms with E-state index in [4.69, 9.17) is 4.74 Å². The minimum absolute atomic E-state index is 0.0296. The summed E-state index contributed by atoms with van der Waals surface area (Å²) in [7, 11) is 0. The summed E-state index contributed by atoms with van der Waals surface area (Å²) in [4.78, 5) is 19.2. The molecule has 136 valence electrons. The lowest BCUT2D eigenvalue weighted by molar-refractivity contribution is 0.0680. The van der Waals surface area contributed by atoms with E-state index >= 15 is 0 Å². The van der Waals surface area contributed by atoms with Crippen molar-refractivity contribution >= 4 is 11.9 Å². The molecule has 2 aromatic rings. The number of aromatic nitrogens is 1. The first-order valence-electron chi connectivity index (χ1n) is 9.50. The lowest BCUT2D eigenvalue weighted by Crippen LogP contribution is -2.39. The highest BCUT2D eigenvalue weighted by atomic mass is 16.6. The monoisotopic (exact) mass is 351 g/mol. The molecule has 1 amide bonds. The molecule has 1 saturated carbocycles. The van der Waals surface area contributed by atoms with Crippen LogP contribution >= 0.6 is 0 Å². The zero-order valence-corrected chi connectivity index (χ0v) is 14.9. The third-order valence-corrected chi connectivity index (χ3v) is 5.06. The van der Waals surface area contributed by atoms with Gasteiger partial charge in [0, 0.05) is 24.3 Å². The van der Waals surface area contributed by atoms with Gasteiger partial charge < -0.3 is 15.0 Å². The summed E-state index contributed by atoms with van der Waals surface area (Å²) in [5.41, 5.74) is 2.11. The molecular formula is C21H25N3O2. The average molecular weight is 351 g/mol. The van der Waals surface area contributed by atoms with Crippen LogP contribution in [0.5, 0.6) is 0 Å². The molecule has 5 heteroatoms. The quantitative estimate of drug-likeness (QED) is 0.860. The van der Waals surface area contributed by atoms with E-state index in [2.05, 4.69) is 16.4 Å². The maximum atomic E-state index is 12.8. The largest absolute Gasteiger partial charge is 0.445 e. The Hall–Kier alpha value is -2.56. The zero-order valence-electron chi connectivity index (χ0n) is 14.9. The van der Waals surface area contributed by atoms with Crippen LogP contribution in [0.2, 0.25) is 0 Å². The Labute approximate surface area is 154 Å². The second kappa shape index (κ2) is 7.77. The summed E-state index contributed by atoms with van der Waals surface area (Å²) in [5, 5.41) is 3.51. The highest BCUT2D eigenvalue weighted by Crippen LogP contribution is 2.36. The van der Waals surface area contributed by atoms with E-state index in [0.29, 0.717) is 12.6 Å². The fraction of sp³-hybridized carbons (Fsp3) is 0.429. The number of amides is 1. The number of nitrogens with zero attached hydrogens (tertiary/aromatic N) is 2. The molecule has 2 aliphatic rings. The van der Waals surface area contributed by atoms with Crippen molar-refractivity contribution in [2.45, 2.75) is 50.8 Å². The van der Waals surface area contributed by atoms with Crippen LogP contribution in [0.15, 0.2) is 48.7 Å². The maximum absolute atomic E-state index is 12.8. The van der Waals surface area contributed by atoms with Crippen LogP contribution in [0.25, 0.3) is 0 Å². The molecule has 26 heavy (non-hydrogen) atoms. The van der Waals surface area contributed by atoms with E-state index < -0.39 is 0 Å². The average Bonchev–Trinajstić information content (AvgIpc) is 3.51. The number of carbonyl (C=O) groups is 1. The Kier molecular flexibility index (Phi) is 5.04. The molecule has 1 aromatic heterocycles. The number of hydrogen-bond donors (Lipinski definition) is 1. The third-order valence-electron chi connectivity index (χ3n) is 5.06. The Morgan fingerprint density at radius 2 is 1.96 bits per heavy atom. The van der Waals surface area contributed by atoms with Gasteiger partial charge in [0.05, 0.1) is 6.04 Å². The van der Waals surface area contributed by atoms with Crippen molar-refractivity contribution in [3.05, 3.63) is 59.8 Å². The van der Waals surface area contributed by atoms with Crippen molar-refractivity contribution in [2.75, 3.05) is 11.9 Å². The minimum Gasteiger partial charge on any atom is -0.445 e. The van der Waals surface area contributed by atoms with E-state index in [1.165, 1.54) is 12.8 Å². The van der Waals surface area contributed by atoms with Crippen molar-refractivity contribution in [2.24, 2.45) is 0 Å². The van der Waals surface area contributed by atoms with Gasteiger partial charge in [-0.3, -0.25) is 0 Å². The molecule has 4 rings (SSSR count). The summed E-state index contributed by atoms with van der Waals surface area (Å²) in [6, 6.07) is 14.4. The van der Waals surface area contributed by atoms with Crippen molar-refractivity contribution in [3.8, 4) is 0 Å². The Morgan fingerprint density at radius 1 is 1.12 bits per heavy atom. The number of carbonyl (C=O) groups excluding carboxylic acids is 1. The van der Waals surface area contributed by atoms with Gasteiger partial charge in [0.1, 0.15) is 12.4 Å². The fourth-order valence-electron chi connectivity index (χ4n) is 3.50. The number of anilines is 1. The van der Waals surface area contributed by atoms with Crippen molar-refractivity contribution in [1.82, 2.24) is 9.88 Å². The summed E-state index contributed by atoms with van der Waals surface area (Å²) in [6.45, 7) is 1.04. The van der Waals surface area contributed by atoms with E-state index in [1.807, 2.05) is 47.5 Å². The van der Waals surface area contributed by atoms with Crippen LogP contribution in [0.1, 0.15) is 49.3 Å². The fourth-order valence-corrected chi connectivity index (χ4v) is 3.50. The molecule has 1 aliphatic carbocycles.